The summed E-state index contributed by atoms with van der Waals surface area (Å²) in [7, 11) is -9.84. The topological polar surface area (TPSA) is 203 Å². The van der Waals surface area contributed by atoms with Gasteiger partial charge in [0.1, 0.15) is 18.3 Å². The molecule has 1 heterocycles. The summed E-state index contributed by atoms with van der Waals surface area (Å²) in [5.74, 6) is 0. The molecule has 0 aromatic carbocycles. The highest BCUT2D eigenvalue weighted by molar-refractivity contribution is 7.81. The fraction of sp³-hybridized carbons (Fsp3) is 1.00. The minimum Gasteiger partial charge on any atom is -0.387 e. The fourth-order valence-corrected chi connectivity index (χ4v) is 2.33. The molecule has 0 radical (unpaired) electrons. The highest BCUT2D eigenvalue weighted by atomic mass is 32.3. The third kappa shape index (κ3) is 5.17. The van der Waals surface area contributed by atoms with Crippen molar-refractivity contribution < 1.29 is 49.3 Å². The first-order chi connectivity index (χ1) is 8.91. The van der Waals surface area contributed by atoms with Gasteiger partial charge in [0.15, 0.2) is 6.29 Å². The third-order valence-corrected chi connectivity index (χ3v) is 3.25. The molecule has 0 bridgehead atoms. The highest BCUT2D eigenvalue weighted by Gasteiger charge is 2.46. The largest absolute Gasteiger partial charge is 0.397 e. The lowest BCUT2D eigenvalue weighted by Crippen LogP contribution is -2.63. The molecule has 6 N–H and O–H groups in total. The van der Waals surface area contributed by atoms with Gasteiger partial charge in [-0.15, -0.1) is 0 Å². The van der Waals surface area contributed by atoms with E-state index in [-0.39, 0.29) is 0 Å². The number of nitrogens with two attached hydrogens (primary N) is 1. The Bertz CT molecular complexity index is 529. The smallest absolute Gasteiger partial charge is 0.387 e. The summed E-state index contributed by atoms with van der Waals surface area (Å²) in [6.45, 7) is -0.949. The Morgan fingerprint density at radius 1 is 1.10 bits per heavy atom. The molecule has 1 aliphatic heterocycles. The second kappa shape index (κ2) is 6.14. The van der Waals surface area contributed by atoms with Gasteiger partial charge in [-0.2, -0.15) is 16.8 Å². The molecule has 0 saturated carbocycles. The summed E-state index contributed by atoms with van der Waals surface area (Å²) >= 11 is 0. The average molecular weight is 339 g/mol. The first-order valence-corrected chi connectivity index (χ1v) is 7.68. The molecule has 1 rings (SSSR count). The van der Waals surface area contributed by atoms with Gasteiger partial charge in [0, 0.05) is 0 Å². The molecule has 0 spiro atoms. The van der Waals surface area contributed by atoms with Crippen molar-refractivity contribution in [1.29, 1.82) is 0 Å². The van der Waals surface area contributed by atoms with Crippen LogP contribution in [0.5, 0.6) is 0 Å². The van der Waals surface area contributed by atoms with Gasteiger partial charge in [-0.1, -0.05) is 0 Å². The Balaban J connectivity index is 2.84. The first-order valence-electron chi connectivity index (χ1n) is 4.95. The predicted octanol–water partition coefficient (Wildman–Crippen LogP) is -3.60. The van der Waals surface area contributed by atoms with E-state index < -0.39 is 58.0 Å². The molecule has 0 aromatic rings. The second-order valence-corrected chi connectivity index (χ2v) is 5.97. The monoisotopic (exact) mass is 339 g/mol. The second-order valence-electron chi connectivity index (χ2n) is 3.83. The van der Waals surface area contributed by atoms with Crippen LogP contribution < -0.4 is 5.73 Å². The number of ether oxygens (including phenoxy) is 1. The van der Waals surface area contributed by atoms with Crippen LogP contribution in [0.25, 0.3) is 0 Å². The van der Waals surface area contributed by atoms with Crippen molar-refractivity contribution in [3.63, 3.8) is 0 Å². The minimum atomic E-state index is -4.99. The Kier molecular flexibility index (Phi) is 5.41. The zero-order valence-corrected chi connectivity index (χ0v) is 11.3. The van der Waals surface area contributed by atoms with Crippen molar-refractivity contribution in [1.82, 2.24) is 0 Å². The van der Waals surface area contributed by atoms with Crippen molar-refractivity contribution >= 4 is 20.8 Å². The standard InChI is InChI=1S/C6H13NO11S2/c7-3-5(18-20(13,14)15)4(8)2(17-6(3)9)1-16-19(10,11)12/h2-6,8-9H,1,7H2,(H,10,11,12)(H,13,14,15)/t2-,3-,4-,5-,6?/m1/s1. The molecule has 1 fully saturated rings. The van der Waals surface area contributed by atoms with Gasteiger partial charge >= 0.3 is 20.8 Å². The van der Waals surface area contributed by atoms with Crippen LogP contribution in [0.3, 0.4) is 0 Å². The summed E-state index contributed by atoms with van der Waals surface area (Å²) in [4.78, 5) is 0. The molecule has 12 nitrogen and oxygen atoms in total. The molecule has 0 aliphatic carbocycles. The maximum absolute atomic E-state index is 10.6. The van der Waals surface area contributed by atoms with E-state index in [4.69, 9.17) is 14.8 Å². The van der Waals surface area contributed by atoms with E-state index in [1.165, 1.54) is 0 Å². The molecule has 120 valence electrons. The normalized spacial score (nSPS) is 36.0. The number of hydrogen-bond acceptors (Lipinski definition) is 10. The first kappa shape index (κ1) is 17.6. The fourth-order valence-electron chi connectivity index (χ4n) is 1.50. The van der Waals surface area contributed by atoms with Gasteiger partial charge in [-0.25, -0.2) is 8.37 Å². The average Bonchev–Trinajstić information content (AvgIpc) is 2.25. The van der Waals surface area contributed by atoms with E-state index >= 15 is 0 Å². The zero-order valence-electron chi connectivity index (χ0n) is 9.63. The van der Waals surface area contributed by atoms with E-state index in [0.29, 0.717) is 0 Å². The minimum absolute atomic E-state index is 0.949. The summed E-state index contributed by atoms with van der Waals surface area (Å²) in [5.41, 5.74) is 5.32. The molecule has 0 amide bonds. The molecule has 0 aromatic heterocycles. The van der Waals surface area contributed by atoms with Crippen LogP contribution in [0.1, 0.15) is 0 Å². The Hall–Kier alpha value is -0.420. The molecular formula is C6H13NO11S2. The lowest BCUT2D eigenvalue weighted by Gasteiger charge is -2.39. The van der Waals surface area contributed by atoms with Crippen LogP contribution in [0, 0.1) is 0 Å². The van der Waals surface area contributed by atoms with E-state index in [1.54, 1.807) is 0 Å². The molecule has 1 aliphatic rings. The van der Waals surface area contributed by atoms with Crippen molar-refractivity contribution in [2.45, 2.75) is 30.6 Å². The molecule has 5 atom stereocenters. The van der Waals surface area contributed by atoms with Crippen molar-refractivity contribution in [2.24, 2.45) is 5.73 Å². The Morgan fingerprint density at radius 2 is 1.65 bits per heavy atom. The molecule has 14 heteroatoms. The van der Waals surface area contributed by atoms with E-state index in [0.717, 1.165) is 0 Å². The lowest BCUT2D eigenvalue weighted by atomic mass is 9.98. The molecule has 20 heavy (non-hydrogen) atoms. The maximum Gasteiger partial charge on any atom is 0.397 e. The third-order valence-electron chi connectivity index (χ3n) is 2.35. The maximum atomic E-state index is 10.6. The van der Waals surface area contributed by atoms with Crippen molar-refractivity contribution in [3.8, 4) is 0 Å². The quantitative estimate of drug-likeness (QED) is 0.308. The van der Waals surface area contributed by atoms with Gasteiger partial charge in [-0.3, -0.25) is 9.11 Å². The highest BCUT2D eigenvalue weighted by Crippen LogP contribution is 2.22. The summed E-state index contributed by atoms with van der Waals surface area (Å²) in [5, 5.41) is 19.1. The van der Waals surface area contributed by atoms with Gasteiger partial charge in [-0.05, 0) is 0 Å². The number of aliphatic hydroxyl groups is 2. The molecule has 1 unspecified atom stereocenters. The molecular weight excluding hydrogens is 326 g/mol. The van der Waals surface area contributed by atoms with Gasteiger partial charge in [0.25, 0.3) is 0 Å². The summed E-state index contributed by atoms with van der Waals surface area (Å²) < 4.78 is 71.5. The lowest BCUT2D eigenvalue weighted by molar-refractivity contribution is -0.242. The van der Waals surface area contributed by atoms with Crippen LogP contribution in [0.4, 0.5) is 0 Å². The number of aliphatic hydroxyl groups excluding tert-OH is 2. The van der Waals surface area contributed by atoms with Gasteiger partial charge in [0.05, 0.1) is 12.6 Å². The summed E-state index contributed by atoms with van der Waals surface area (Å²) in [6, 6.07) is -1.55. The zero-order chi connectivity index (χ0) is 15.7. The Morgan fingerprint density at radius 3 is 2.10 bits per heavy atom. The summed E-state index contributed by atoms with van der Waals surface area (Å²) in [6.07, 6.45) is -7.10. The van der Waals surface area contributed by atoms with Crippen LogP contribution in [0.15, 0.2) is 0 Å². The van der Waals surface area contributed by atoms with Crippen molar-refractivity contribution in [2.75, 3.05) is 6.61 Å². The van der Waals surface area contributed by atoms with E-state index in [2.05, 4.69) is 13.1 Å². The number of rotatable bonds is 5. The Labute approximate surface area is 114 Å². The predicted molar refractivity (Wildman–Crippen MR) is 58.8 cm³/mol. The van der Waals surface area contributed by atoms with Crippen LogP contribution in [-0.4, -0.2) is 73.4 Å². The van der Waals surface area contributed by atoms with Crippen molar-refractivity contribution in [3.05, 3.63) is 0 Å². The van der Waals surface area contributed by atoms with E-state index in [1.807, 2.05) is 0 Å². The SMILES string of the molecule is N[C@H]1C(O)O[C@H](COS(=O)(=O)O)[C@@H](O)[C@@H]1OS(=O)(=O)O. The van der Waals surface area contributed by atoms with Gasteiger partial charge in [0.2, 0.25) is 0 Å². The number of hydrogen-bond donors (Lipinski definition) is 5. The van der Waals surface area contributed by atoms with Crippen LogP contribution in [-0.2, 0) is 33.9 Å². The van der Waals surface area contributed by atoms with E-state index in [9.17, 15) is 27.0 Å². The van der Waals surface area contributed by atoms with Crippen LogP contribution >= 0.6 is 0 Å². The van der Waals surface area contributed by atoms with Crippen LogP contribution in [0.2, 0.25) is 0 Å². The van der Waals surface area contributed by atoms with Gasteiger partial charge < -0.3 is 20.7 Å². The molecule has 1 saturated heterocycles.